The van der Waals surface area contributed by atoms with Crippen molar-refractivity contribution in [3.05, 3.63) is 94.0 Å². The molecule has 0 saturated carbocycles. The van der Waals surface area contributed by atoms with E-state index >= 15 is 0 Å². The molecule has 1 amide bonds. The predicted molar refractivity (Wildman–Crippen MR) is 131 cm³/mol. The van der Waals surface area contributed by atoms with Crippen LogP contribution in [0.2, 0.25) is 0 Å². The van der Waals surface area contributed by atoms with Gasteiger partial charge < -0.3 is 15.4 Å². The molecule has 2 aliphatic heterocycles. The third kappa shape index (κ3) is 3.96. The van der Waals surface area contributed by atoms with Crippen LogP contribution >= 0.6 is 27.7 Å². The Morgan fingerprint density at radius 3 is 2.66 bits per heavy atom. The van der Waals surface area contributed by atoms with Gasteiger partial charge in [-0.1, -0.05) is 76.2 Å². The van der Waals surface area contributed by atoms with Gasteiger partial charge in [-0.25, -0.2) is 0 Å². The largest absolute Gasteiger partial charge is 0.488 e. The zero-order valence-corrected chi connectivity index (χ0v) is 19.7. The summed E-state index contributed by atoms with van der Waals surface area (Å²) in [6, 6.07) is 23.3. The van der Waals surface area contributed by atoms with Crippen molar-refractivity contribution < 1.29 is 9.53 Å². The number of halogens is 1. The molecule has 0 aliphatic carbocycles. The van der Waals surface area contributed by atoms with Crippen LogP contribution in [0.3, 0.4) is 0 Å². The van der Waals surface area contributed by atoms with Crippen molar-refractivity contribution in [3.63, 3.8) is 0 Å². The zero-order valence-electron chi connectivity index (χ0n) is 17.3. The summed E-state index contributed by atoms with van der Waals surface area (Å²) in [5, 5.41) is 13.7. The van der Waals surface area contributed by atoms with E-state index in [1.54, 1.807) is 0 Å². The maximum atomic E-state index is 13.1. The normalized spacial score (nSPS) is 19.2. The Labute approximate surface area is 199 Å². The summed E-state index contributed by atoms with van der Waals surface area (Å²) in [6.45, 7) is 0.446. The molecule has 2 unspecified atom stereocenters. The van der Waals surface area contributed by atoms with E-state index in [1.807, 2.05) is 84.1 Å². The van der Waals surface area contributed by atoms with Crippen LogP contribution in [0, 0.1) is 0 Å². The van der Waals surface area contributed by atoms with Crippen molar-refractivity contribution in [1.82, 2.24) is 10.3 Å². The first-order valence-electron chi connectivity index (χ1n) is 10.2. The number of ether oxygens (including phenoxy) is 1. The minimum Gasteiger partial charge on any atom is -0.488 e. The summed E-state index contributed by atoms with van der Waals surface area (Å²) in [7, 11) is 0. The van der Waals surface area contributed by atoms with Crippen molar-refractivity contribution in [2.75, 3.05) is 11.6 Å². The summed E-state index contributed by atoms with van der Waals surface area (Å²) in [4.78, 5) is 13.1. The van der Waals surface area contributed by atoms with Crippen molar-refractivity contribution in [2.24, 2.45) is 5.10 Å². The van der Waals surface area contributed by atoms with Crippen LogP contribution in [0.5, 0.6) is 5.75 Å². The highest BCUT2D eigenvalue weighted by Crippen LogP contribution is 2.45. The van der Waals surface area contributed by atoms with Gasteiger partial charge in [0.1, 0.15) is 18.5 Å². The minimum atomic E-state index is -0.533. The molecular formula is C24H21BrN4O2S. The first kappa shape index (κ1) is 20.9. The molecule has 8 heteroatoms. The number of carbonyl (C=O) groups excluding carboxylic acids is 1. The van der Waals surface area contributed by atoms with Gasteiger partial charge in [0, 0.05) is 21.3 Å². The summed E-state index contributed by atoms with van der Waals surface area (Å²) in [6.07, 6.45) is 1.51. The number of amidine groups is 1. The van der Waals surface area contributed by atoms with Gasteiger partial charge in [-0.05, 0) is 36.1 Å². The fraction of sp³-hybridized carbons (Fsp3) is 0.167. The standard InChI is InChI=1S/C24H21BrN4O2S/c1-32-24-27-23(30)21-17-9-5-6-10-19(17)26-22(29(21)28-24)18-13-16(25)11-12-20(18)31-14-15-7-3-2-4-8-15/h2-13,21-22,26H,14H2,1H3,(H,27,28,30). The Bertz CT molecular complexity index is 1190. The number of hydrogen-bond acceptors (Lipinski definition) is 6. The molecule has 0 spiro atoms. The first-order valence-corrected chi connectivity index (χ1v) is 12.2. The Hall–Kier alpha value is -2.97. The second-order valence-corrected chi connectivity index (χ2v) is 9.18. The van der Waals surface area contributed by atoms with E-state index in [2.05, 4.69) is 26.6 Å². The number of rotatable bonds is 4. The Morgan fingerprint density at radius 2 is 1.84 bits per heavy atom. The lowest BCUT2D eigenvalue weighted by Gasteiger charge is -2.44. The number of fused-ring (bicyclic) bond motifs is 3. The number of carbonyl (C=O) groups is 1. The molecule has 0 radical (unpaired) electrons. The van der Waals surface area contributed by atoms with E-state index in [0.29, 0.717) is 11.8 Å². The van der Waals surface area contributed by atoms with Gasteiger partial charge in [-0.2, -0.15) is 0 Å². The molecule has 162 valence electrons. The highest BCUT2D eigenvalue weighted by atomic mass is 79.9. The van der Waals surface area contributed by atoms with Crippen molar-refractivity contribution in [3.8, 4) is 5.75 Å². The number of amides is 1. The number of para-hydroxylation sites is 1. The molecule has 3 aromatic rings. The Balaban J connectivity index is 1.57. The molecule has 2 N–H and O–H groups in total. The molecule has 0 fully saturated rings. The number of nitrogens with one attached hydrogen (secondary N) is 2. The van der Waals surface area contributed by atoms with Gasteiger partial charge in [0.2, 0.25) is 0 Å². The molecule has 2 atom stereocenters. The SMILES string of the molecule is CSC1=NN2C(c3cc(Br)ccc3OCc3ccccc3)Nc3ccccc3C2C(=O)N1. The third-order valence-corrected chi connectivity index (χ3v) is 6.52. The predicted octanol–water partition coefficient (Wildman–Crippen LogP) is 5.26. The van der Waals surface area contributed by atoms with E-state index < -0.39 is 6.04 Å². The lowest BCUT2D eigenvalue weighted by atomic mass is 9.97. The molecule has 0 bridgehead atoms. The van der Waals surface area contributed by atoms with E-state index in [0.717, 1.165) is 32.6 Å². The number of thioether (sulfide) groups is 1. The van der Waals surface area contributed by atoms with Crippen LogP contribution in [0.25, 0.3) is 0 Å². The highest BCUT2D eigenvalue weighted by Gasteiger charge is 2.42. The molecule has 0 aromatic heterocycles. The molecule has 32 heavy (non-hydrogen) atoms. The summed E-state index contributed by atoms with van der Waals surface area (Å²) in [5.41, 5.74) is 3.78. The average Bonchev–Trinajstić information content (AvgIpc) is 2.83. The number of hydrazone groups is 1. The molecule has 2 heterocycles. The first-order chi connectivity index (χ1) is 15.6. The fourth-order valence-corrected chi connectivity index (χ4v) is 4.72. The van der Waals surface area contributed by atoms with Crippen LogP contribution in [0.4, 0.5) is 5.69 Å². The summed E-state index contributed by atoms with van der Waals surface area (Å²) >= 11 is 5.00. The number of nitrogens with zero attached hydrogens (tertiary/aromatic N) is 2. The van der Waals surface area contributed by atoms with Gasteiger partial charge in [-0.15, -0.1) is 5.10 Å². The topological polar surface area (TPSA) is 66.0 Å². The second-order valence-electron chi connectivity index (χ2n) is 7.47. The minimum absolute atomic E-state index is 0.0925. The number of hydrogen-bond donors (Lipinski definition) is 2. The van der Waals surface area contributed by atoms with Crippen molar-refractivity contribution in [1.29, 1.82) is 0 Å². The lowest BCUT2D eigenvalue weighted by Crippen LogP contribution is -2.50. The van der Waals surface area contributed by atoms with E-state index in [1.165, 1.54) is 11.8 Å². The van der Waals surface area contributed by atoms with Crippen LogP contribution in [-0.2, 0) is 11.4 Å². The van der Waals surface area contributed by atoms with Gasteiger partial charge in [0.15, 0.2) is 11.2 Å². The number of benzene rings is 3. The second kappa shape index (κ2) is 8.88. The van der Waals surface area contributed by atoms with Gasteiger partial charge in [0.05, 0.1) is 0 Å². The van der Waals surface area contributed by atoms with Crippen LogP contribution in [-0.4, -0.2) is 22.3 Å². The van der Waals surface area contributed by atoms with Crippen LogP contribution < -0.4 is 15.4 Å². The smallest absolute Gasteiger partial charge is 0.255 e. The quantitative estimate of drug-likeness (QED) is 0.503. The maximum Gasteiger partial charge on any atom is 0.255 e. The average molecular weight is 509 g/mol. The monoisotopic (exact) mass is 508 g/mol. The third-order valence-electron chi connectivity index (χ3n) is 5.46. The van der Waals surface area contributed by atoms with Crippen LogP contribution in [0.15, 0.2) is 82.4 Å². The van der Waals surface area contributed by atoms with Gasteiger partial charge in [-0.3, -0.25) is 9.80 Å². The molecule has 0 saturated heterocycles. The summed E-state index contributed by atoms with van der Waals surface area (Å²) < 4.78 is 7.16. The lowest BCUT2D eigenvalue weighted by molar-refractivity contribution is -0.127. The Kier molecular flexibility index (Phi) is 5.80. The van der Waals surface area contributed by atoms with Crippen molar-refractivity contribution in [2.45, 2.75) is 18.8 Å². The molecular weight excluding hydrogens is 488 g/mol. The highest BCUT2D eigenvalue weighted by molar-refractivity contribution is 9.10. The zero-order chi connectivity index (χ0) is 22.1. The van der Waals surface area contributed by atoms with Crippen LogP contribution in [0.1, 0.15) is 28.9 Å². The summed E-state index contributed by atoms with van der Waals surface area (Å²) in [5.74, 6) is 0.643. The Morgan fingerprint density at radius 1 is 1.06 bits per heavy atom. The molecule has 2 aliphatic rings. The van der Waals surface area contributed by atoms with E-state index in [9.17, 15) is 4.79 Å². The van der Waals surface area contributed by atoms with Gasteiger partial charge in [0.25, 0.3) is 5.91 Å². The fourth-order valence-electron chi connectivity index (χ4n) is 3.96. The van der Waals surface area contributed by atoms with Crippen molar-refractivity contribution >= 4 is 44.5 Å². The molecule has 3 aromatic carbocycles. The van der Waals surface area contributed by atoms with E-state index in [-0.39, 0.29) is 12.1 Å². The molecule has 5 rings (SSSR count). The maximum absolute atomic E-state index is 13.1. The number of anilines is 1. The van der Waals surface area contributed by atoms with Gasteiger partial charge >= 0.3 is 0 Å². The van der Waals surface area contributed by atoms with E-state index in [4.69, 9.17) is 9.84 Å². The molecule has 6 nitrogen and oxygen atoms in total.